The molecule has 1 saturated heterocycles. The Kier molecular flexibility index (Phi) is 4.18. The van der Waals surface area contributed by atoms with Crippen molar-refractivity contribution in [2.75, 3.05) is 43.1 Å². The maximum absolute atomic E-state index is 11.1. The molecule has 120 valence electrons. The van der Waals surface area contributed by atoms with Crippen molar-refractivity contribution in [3.8, 4) is 5.88 Å². The zero-order valence-corrected chi connectivity index (χ0v) is 12.6. The second kappa shape index (κ2) is 6.42. The molecule has 1 aliphatic rings. The number of pyridine rings is 1. The van der Waals surface area contributed by atoms with E-state index in [1.807, 2.05) is 4.90 Å². The number of rotatable bonds is 4. The summed E-state index contributed by atoms with van der Waals surface area (Å²) in [5.41, 5.74) is 0.0297. The molecule has 0 radical (unpaired) electrons. The Hall–Kier alpha value is -2.97. The van der Waals surface area contributed by atoms with Crippen molar-refractivity contribution in [3.05, 3.63) is 40.8 Å². The highest BCUT2D eigenvalue weighted by Crippen LogP contribution is 2.26. The molecule has 9 heteroatoms. The SMILES string of the molecule is COc1cncc(N2CCN(c3ncccc3[N+](=O)[O-])CC2)n1. The number of ether oxygens (including phenoxy) is 1. The zero-order chi connectivity index (χ0) is 16.2. The molecule has 0 aliphatic carbocycles. The summed E-state index contributed by atoms with van der Waals surface area (Å²) in [4.78, 5) is 27.3. The highest BCUT2D eigenvalue weighted by atomic mass is 16.6. The van der Waals surface area contributed by atoms with Crippen molar-refractivity contribution in [1.82, 2.24) is 15.0 Å². The Morgan fingerprint density at radius 1 is 1.22 bits per heavy atom. The lowest BCUT2D eigenvalue weighted by Crippen LogP contribution is -2.47. The Bertz CT molecular complexity index is 702. The van der Waals surface area contributed by atoms with Gasteiger partial charge in [-0.15, -0.1) is 0 Å². The van der Waals surface area contributed by atoms with Crippen LogP contribution in [0.25, 0.3) is 0 Å². The number of anilines is 2. The second-order valence-corrected chi connectivity index (χ2v) is 5.00. The molecule has 1 fully saturated rings. The maximum atomic E-state index is 11.1. The number of piperazine rings is 1. The Labute approximate surface area is 132 Å². The van der Waals surface area contributed by atoms with E-state index in [1.165, 1.54) is 6.07 Å². The van der Waals surface area contributed by atoms with E-state index < -0.39 is 4.92 Å². The highest BCUT2D eigenvalue weighted by Gasteiger charge is 2.25. The molecule has 3 rings (SSSR count). The monoisotopic (exact) mass is 316 g/mol. The summed E-state index contributed by atoms with van der Waals surface area (Å²) in [5, 5.41) is 11.1. The minimum absolute atomic E-state index is 0.0297. The first kappa shape index (κ1) is 14.9. The molecule has 0 N–H and O–H groups in total. The van der Waals surface area contributed by atoms with Crippen molar-refractivity contribution in [2.45, 2.75) is 0 Å². The first-order chi connectivity index (χ1) is 11.2. The van der Waals surface area contributed by atoms with Crippen molar-refractivity contribution in [3.63, 3.8) is 0 Å². The summed E-state index contributed by atoms with van der Waals surface area (Å²) in [6, 6.07) is 3.05. The minimum atomic E-state index is -0.401. The third-order valence-electron chi connectivity index (χ3n) is 3.67. The predicted molar refractivity (Wildman–Crippen MR) is 83.9 cm³/mol. The van der Waals surface area contributed by atoms with Gasteiger partial charge in [-0.1, -0.05) is 0 Å². The number of hydrogen-bond donors (Lipinski definition) is 0. The van der Waals surface area contributed by atoms with Gasteiger partial charge in [0.15, 0.2) is 5.82 Å². The zero-order valence-electron chi connectivity index (χ0n) is 12.6. The molecular weight excluding hydrogens is 300 g/mol. The van der Waals surface area contributed by atoms with Gasteiger partial charge in [-0.05, 0) is 6.07 Å². The Morgan fingerprint density at radius 2 is 1.96 bits per heavy atom. The van der Waals surface area contributed by atoms with Gasteiger partial charge in [0.25, 0.3) is 0 Å². The summed E-state index contributed by atoms with van der Waals surface area (Å²) >= 11 is 0. The van der Waals surface area contributed by atoms with Gasteiger partial charge in [-0.3, -0.25) is 15.1 Å². The summed E-state index contributed by atoms with van der Waals surface area (Å²) in [7, 11) is 1.55. The topological polar surface area (TPSA) is 97.5 Å². The van der Waals surface area contributed by atoms with E-state index in [9.17, 15) is 10.1 Å². The number of aromatic nitrogens is 3. The highest BCUT2D eigenvalue weighted by molar-refractivity contribution is 5.58. The van der Waals surface area contributed by atoms with Crippen LogP contribution in [0.4, 0.5) is 17.3 Å². The Morgan fingerprint density at radius 3 is 2.65 bits per heavy atom. The molecule has 9 nitrogen and oxygen atoms in total. The molecule has 0 saturated carbocycles. The summed E-state index contributed by atoms with van der Waals surface area (Å²) in [5.74, 6) is 1.61. The van der Waals surface area contributed by atoms with Gasteiger partial charge in [-0.25, -0.2) is 4.98 Å². The first-order valence-corrected chi connectivity index (χ1v) is 7.14. The molecule has 2 aromatic rings. The van der Waals surface area contributed by atoms with E-state index in [1.54, 1.807) is 31.8 Å². The molecular formula is C14H16N6O3. The maximum Gasteiger partial charge on any atom is 0.311 e. The van der Waals surface area contributed by atoms with Crippen LogP contribution in [-0.4, -0.2) is 53.2 Å². The fourth-order valence-corrected chi connectivity index (χ4v) is 2.51. The van der Waals surface area contributed by atoms with E-state index in [4.69, 9.17) is 4.74 Å². The molecule has 0 amide bonds. The van der Waals surface area contributed by atoms with Crippen LogP contribution in [0, 0.1) is 10.1 Å². The second-order valence-electron chi connectivity index (χ2n) is 5.00. The van der Waals surface area contributed by atoms with Crippen molar-refractivity contribution in [2.24, 2.45) is 0 Å². The van der Waals surface area contributed by atoms with E-state index in [0.717, 1.165) is 5.82 Å². The van der Waals surface area contributed by atoms with Gasteiger partial charge < -0.3 is 14.5 Å². The van der Waals surface area contributed by atoms with Crippen LogP contribution < -0.4 is 14.5 Å². The minimum Gasteiger partial charge on any atom is -0.480 e. The lowest BCUT2D eigenvalue weighted by atomic mass is 10.3. The van der Waals surface area contributed by atoms with Crippen LogP contribution in [0.3, 0.4) is 0 Å². The first-order valence-electron chi connectivity index (χ1n) is 7.14. The molecule has 0 aromatic carbocycles. The number of nitro groups is 1. The molecule has 2 aromatic heterocycles. The van der Waals surface area contributed by atoms with Crippen molar-refractivity contribution < 1.29 is 9.66 Å². The normalized spacial score (nSPS) is 14.7. The lowest BCUT2D eigenvalue weighted by molar-refractivity contribution is -0.384. The quantitative estimate of drug-likeness (QED) is 0.611. The number of nitrogens with zero attached hydrogens (tertiary/aromatic N) is 6. The van der Waals surface area contributed by atoms with Crippen LogP contribution >= 0.6 is 0 Å². The average Bonchev–Trinajstić information content (AvgIpc) is 2.62. The lowest BCUT2D eigenvalue weighted by Gasteiger charge is -2.35. The molecule has 23 heavy (non-hydrogen) atoms. The molecule has 1 aliphatic heterocycles. The van der Waals surface area contributed by atoms with Gasteiger partial charge in [0, 0.05) is 38.4 Å². The summed E-state index contributed by atoms with van der Waals surface area (Å²) in [6.07, 6.45) is 4.81. The molecule has 0 spiro atoms. The van der Waals surface area contributed by atoms with Crippen LogP contribution in [0.2, 0.25) is 0 Å². The van der Waals surface area contributed by atoms with Gasteiger partial charge in [0.2, 0.25) is 11.7 Å². The van der Waals surface area contributed by atoms with E-state index in [-0.39, 0.29) is 5.69 Å². The fourth-order valence-electron chi connectivity index (χ4n) is 2.51. The van der Waals surface area contributed by atoms with E-state index in [2.05, 4.69) is 19.9 Å². The fraction of sp³-hybridized carbons (Fsp3) is 0.357. The van der Waals surface area contributed by atoms with Gasteiger partial charge in [-0.2, -0.15) is 4.98 Å². The molecule has 0 atom stereocenters. The molecule has 0 unspecified atom stereocenters. The van der Waals surface area contributed by atoms with Crippen LogP contribution in [0.15, 0.2) is 30.7 Å². The van der Waals surface area contributed by atoms with Crippen LogP contribution in [-0.2, 0) is 0 Å². The van der Waals surface area contributed by atoms with Crippen LogP contribution in [0.5, 0.6) is 5.88 Å². The van der Waals surface area contributed by atoms with E-state index in [0.29, 0.717) is 37.9 Å². The third-order valence-corrected chi connectivity index (χ3v) is 3.67. The smallest absolute Gasteiger partial charge is 0.311 e. The van der Waals surface area contributed by atoms with Gasteiger partial charge in [0.05, 0.1) is 24.4 Å². The van der Waals surface area contributed by atoms with Gasteiger partial charge >= 0.3 is 5.69 Å². The van der Waals surface area contributed by atoms with E-state index >= 15 is 0 Å². The predicted octanol–water partition coefficient (Wildman–Crippen LogP) is 1.11. The van der Waals surface area contributed by atoms with Crippen molar-refractivity contribution in [1.29, 1.82) is 0 Å². The largest absolute Gasteiger partial charge is 0.480 e. The number of methoxy groups -OCH3 is 1. The standard InChI is InChI=1S/C14H16N6O3/c1-23-13-10-15-9-12(17-13)18-5-7-19(8-6-18)14-11(20(21)22)3-2-4-16-14/h2-4,9-10H,5-8H2,1H3. The molecule has 3 heterocycles. The average molecular weight is 316 g/mol. The van der Waals surface area contributed by atoms with Crippen LogP contribution in [0.1, 0.15) is 0 Å². The number of hydrogen-bond acceptors (Lipinski definition) is 8. The van der Waals surface area contributed by atoms with Crippen molar-refractivity contribution >= 4 is 17.3 Å². The summed E-state index contributed by atoms with van der Waals surface area (Å²) in [6.45, 7) is 2.60. The third kappa shape index (κ3) is 3.12. The summed E-state index contributed by atoms with van der Waals surface area (Å²) < 4.78 is 5.08. The Balaban J connectivity index is 1.72. The molecule has 0 bridgehead atoms. The van der Waals surface area contributed by atoms with Gasteiger partial charge in [0.1, 0.15) is 0 Å².